The van der Waals surface area contributed by atoms with Gasteiger partial charge in [-0.05, 0) is 25.3 Å². The van der Waals surface area contributed by atoms with Crippen molar-refractivity contribution >= 4 is 0 Å². The van der Waals surface area contributed by atoms with Gasteiger partial charge in [-0.3, -0.25) is 4.89 Å². The van der Waals surface area contributed by atoms with Crippen LogP contribution in [0.3, 0.4) is 0 Å². The lowest BCUT2D eigenvalue weighted by Crippen LogP contribution is -1.84. The van der Waals surface area contributed by atoms with Crippen LogP contribution in [0.4, 0.5) is 0 Å². The molecule has 1 aliphatic rings. The summed E-state index contributed by atoms with van der Waals surface area (Å²) in [6.45, 7) is 0.729. The summed E-state index contributed by atoms with van der Waals surface area (Å²) in [5.74, 6) is 0. The number of nitrogens with zero attached hydrogens (tertiary/aromatic N) is 2. The highest BCUT2D eigenvalue weighted by molar-refractivity contribution is 4.71. The number of hydrogen-bond acceptors (Lipinski definition) is 4. The van der Waals surface area contributed by atoms with E-state index < -0.39 is 0 Å². The van der Waals surface area contributed by atoms with E-state index in [0.717, 1.165) is 19.4 Å². The van der Waals surface area contributed by atoms with Crippen molar-refractivity contribution in [3.63, 3.8) is 0 Å². The molecule has 0 saturated heterocycles. The number of hydrogen-bond donors (Lipinski definition) is 0. The molecule has 0 bridgehead atoms. The molecule has 1 aliphatic heterocycles. The minimum atomic E-state index is 0.729. The van der Waals surface area contributed by atoms with Crippen LogP contribution in [0.25, 0.3) is 0 Å². The molecule has 0 aliphatic carbocycles. The third-order valence-corrected chi connectivity index (χ3v) is 2.91. The molecule has 4 nitrogen and oxygen atoms in total. The van der Waals surface area contributed by atoms with Gasteiger partial charge in [-0.25, -0.2) is 0 Å². The molecule has 0 unspecified atom stereocenters. The van der Waals surface area contributed by atoms with Gasteiger partial charge in [0.1, 0.15) is 6.26 Å². The Morgan fingerprint density at radius 3 is 2.18 bits per heavy atom. The van der Waals surface area contributed by atoms with Crippen molar-refractivity contribution in [2.75, 3.05) is 6.54 Å². The molecule has 0 saturated carbocycles. The molecule has 0 aromatic rings. The summed E-state index contributed by atoms with van der Waals surface area (Å²) in [7, 11) is 0. The number of allylic oxidation sites excluding steroid dienone is 1. The van der Waals surface area contributed by atoms with Crippen LogP contribution in [0.2, 0.25) is 0 Å². The fourth-order valence-corrected chi connectivity index (χ4v) is 1.90. The highest BCUT2D eigenvalue weighted by Crippen LogP contribution is 2.11. The summed E-state index contributed by atoms with van der Waals surface area (Å²) in [6, 6.07) is 0. The fourth-order valence-electron chi connectivity index (χ4n) is 1.90. The smallest absolute Gasteiger partial charge is 0.141 e. The maximum Gasteiger partial charge on any atom is 0.141 e. The predicted octanol–water partition coefficient (Wildman–Crippen LogP) is 4.73. The van der Waals surface area contributed by atoms with Crippen molar-refractivity contribution in [3.8, 4) is 0 Å². The lowest BCUT2D eigenvalue weighted by molar-refractivity contribution is -0.257. The first-order valence-electron chi connectivity index (χ1n) is 6.84. The molecule has 0 aromatic carbocycles. The largest absolute Gasteiger partial charge is 0.274 e. The summed E-state index contributed by atoms with van der Waals surface area (Å²) >= 11 is 0. The van der Waals surface area contributed by atoms with Gasteiger partial charge in [-0.15, -0.1) is 10.1 Å². The zero-order chi connectivity index (χ0) is 12.0. The average molecular weight is 240 g/mol. The van der Waals surface area contributed by atoms with Gasteiger partial charge in [0, 0.05) is 0 Å². The standard InChI is InChI=1S/C13H24N2O2/c1-2-4-6-8-10-12-14-15-17-16-13-11-9-7-5-3-1/h11,13H,1-10,12H2. The Labute approximate surface area is 104 Å². The Balaban J connectivity index is 2.13. The van der Waals surface area contributed by atoms with Gasteiger partial charge in [0.2, 0.25) is 0 Å². The molecule has 0 N–H and O–H groups in total. The van der Waals surface area contributed by atoms with Crippen molar-refractivity contribution in [3.05, 3.63) is 12.3 Å². The topological polar surface area (TPSA) is 43.2 Å². The zero-order valence-electron chi connectivity index (χ0n) is 10.6. The monoisotopic (exact) mass is 240 g/mol. The van der Waals surface area contributed by atoms with Crippen LogP contribution in [0, 0.1) is 0 Å². The van der Waals surface area contributed by atoms with E-state index in [0.29, 0.717) is 0 Å². The maximum atomic E-state index is 4.72. The quantitative estimate of drug-likeness (QED) is 0.574. The van der Waals surface area contributed by atoms with Gasteiger partial charge >= 0.3 is 0 Å². The third-order valence-electron chi connectivity index (χ3n) is 2.91. The van der Waals surface area contributed by atoms with Crippen LogP contribution in [0.1, 0.15) is 64.2 Å². The van der Waals surface area contributed by atoms with Gasteiger partial charge in [-0.2, -0.15) is 0 Å². The van der Waals surface area contributed by atoms with E-state index in [4.69, 9.17) is 4.89 Å². The van der Waals surface area contributed by atoms with Crippen LogP contribution in [-0.4, -0.2) is 6.54 Å². The van der Waals surface area contributed by atoms with Gasteiger partial charge < -0.3 is 0 Å². The first-order chi connectivity index (χ1) is 8.50. The summed E-state index contributed by atoms with van der Waals surface area (Å²) in [5, 5.41) is 7.33. The molecular formula is C13H24N2O2. The Morgan fingerprint density at radius 1 is 0.765 bits per heavy atom. The molecule has 17 heavy (non-hydrogen) atoms. The Hall–Kier alpha value is -1.06. The van der Waals surface area contributed by atoms with Crippen LogP contribution in [0.15, 0.2) is 22.7 Å². The predicted molar refractivity (Wildman–Crippen MR) is 67.2 cm³/mol. The summed E-state index contributed by atoms with van der Waals surface area (Å²) in [5.41, 5.74) is 0. The van der Waals surface area contributed by atoms with Crippen molar-refractivity contribution in [2.45, 2.75) is 64.2 Å². The van der Waals surface area contributed by atoms with Crippen molar-refractivity contribution < 1.29 is 9.88 Å². The zero-order valence-corrected chi connectivity index (χ0v) is 10.6. The van der Waals surface area contributed by atoms with Crippen LogP contribution >= 0.6 is 0 Å². The second-order valence-electron chi connectivity index (χ2n) is 4.46. The molecule has 1 rings (SSSR count). The van der Waals surface area contributed by atoms with Gasteiger partial charge in [0.15, 0.2) is 0 Å². The van der Waals surface area contributed by atoms with Crippen molar-refractivity contribution in [2.24, 2.45) is 10.4 Å². The second kappa shape index (κ2) is 11.4. The van der Waals surface area contributed by atoms with E-state index in [2.05, 4.69) is 15.4 Å². The highest BCUT2D eigenvalue weighted by Gasteiger charge is 1.93. The van der Waals surface area contributed by atoms with Gasteiger partial charge in [-0.1, -0.05) is 44.9 Å². The molecule has 1 heterocycles. The maximum absolute atomic E-state index is 4.72. The van der Waals surface area contributed by atoms with E-state index in [1.54, 1.807) is 0 Å². The molecule has 0 amide bonds. The summed E-state index contributed by atoms with van der Waals surface area (Å²) < 4.78 is 0. The minimum Gasteiger partial charge on any atom is -0.274 e. The Kier molecular flexibility index (Phi) is 9.41. The fraction of sp³-hybridized carbons (Fsp3) is 0.846. The van der Waals surface area contributed by atoms with E-state index >= 15 is 0 Å². The Morgan fingerprint density at radius 2 is 1.41 bits per heavy atom. The lowest BCUT2D eigenvalue weighted by atomic mass is 10.1. The normalized spacial score (nSPS) is 21.2. The van der Waals surface area contributed by atoms with E-state index in [-0.39, 0.29) is 0 Å². The van der Waals surface area contributed by atoms with Crippen molar-refractivity contribution in [1.82, 2.24) is 0 Å². The molecule has 0 atom stereocenters. The Bertz CT molecular complexity index is 195. The SMILES string of the molecule is C1=COON=NCCCCCCCCCCC1. The van der Waals surface area contributed by atoms with Crippen LogP contribution in [-0.2, 0) is 9.88 Å². The molecule has 0 radical (unpaired) electrons. The lowest BCUT2D eigenvalue weighted by Gasteiger charge is -2.00. The van der Waals surface area contributed by atoms with Crippen LogP contribution < -0.4 is 0 Å². The molecule has 0 spiro atoms. The van der Waals surface area contributed by atoms with Gasteiger partial charge in [0.25, 0.3) is 0 Å². The first-order valence-corrected chi connectivity index (χ1v) is 6.84. The molecule has 0 aromatic heterocycles. The number of rotatable bonds is 0. The van der Waals surface area contributed by atoms with Crippen LogP contribution in [0.5, 0.6) is 0 Å². The van der Waals surface area contributed by atoms with Gasteiger partial charge in [0.05, 0.1) is 11.8 Å². The highest BCUT2D eigenvalue weighted by atomic mass is 17.3. The van der Waals surface area contributed by atoms with E-state index in [1.165, 1.54) is 57.6 Å². The second-order valence-corrected chi connectivity index (χ2v) is 4.46. The molecular weight excluding hydrogens is 216 g/mol. The first kappa shape index (κ1) is 14.0. The van der Waals surface area contributed by atoms with Crippen molar-refractivity contribution in [1.29, 1.82) is 0 Å². The van der Waals surface area contributed by atoms with E-state index in [1.807, 2.05) is 6.08 Å². The molecule has 98 valence electrons. The third kappa shape index (κ3) is 9.85. The summed E-state index contributed by atoms with van der Waals surface area (Å²) in [4.78, 5) is 9.25. The molecule has 0 fully saturated rings. The van der Waals surface area contributed by atoms with E-state index in [9.17, 15) is 0 Å². The molecule has 4 heteroatoms. The minimum absolute atomic E-state index is 0.729. The average Bonchev–Trinajstić information content (AvgIpc) is 2.35. The summed E-state index contributed by atoms with van der Waals surface area (Å²) in [6.07, 6.45) is 16.2.